The van der Waals surface area contributed by atoms with Crippen LogP contribution >= 0.6 is 0 Å². The first-order chi connectivity index (χ1) is 15.2. The van der Waals surface area contributed by atoms with E-state index >= 15 is 0 Å². The van der Waals surface area contributed by atoms with Crippen LogP contribution in [0.25, 0.3) is 11.1 Å². The molecule has 0 radical (unpaired) electrons. The fraction of sp³-hybridized carbons (Fsp3) is 0.286. The maximum atomic E-state index is 13.2. The fourth-order valence-corrected chi connectivity index (χ4v) is 4.04. The minimum Gasteiger partial charge on any atom is -0.322 e. The molecule has 0 unspecified atom stereocenters. The predicted molar refractivity (Wildman–Crippen MR) is 130 cm³/mol. The number of nitrogens with zero attached hydrogens (tertiary/aromatic N) is 2. The van der Waals surface area contributed by atoms with Crippen molar-refractivity contribution in [1.82, 2.24) is 0 Å². The van der Waals surface area contributed by atoms with Crippen LogP contribution in [0.15, 0.2) is 83.9 Å². The number of benzene rings is 3. The molecular weight excluding hydrogens is 380 g/mol. The first kappa shape index (κ1) is 21.0. The van der Waals surface area contributed by atoms with Crippen LogP contribution < -0.4 is 4.90 Å². The van der Waals surface area contributed by atoms with Crippen LogP contribution in [0, 0.1) is 0 Å². The Morgan fingerprint density at radius 2 is 1.55 bits per heavy atom. The number of carbonyl (C=O) groups is 1. The molecule has 3 aromatic rings. The summed E-state index contributed by atoms with van der Waals surface area (Å²) in [7, 11) is 0. The van der Waals surface area contributed by atoms with Crippen molar-refractivity contribution < 1.29 is 4.79 Å². The highest BCUT2D eigenvalue weighted by atomic mass is 16.1. The first-order valence-corrected chi connectivity index (χ1v) is 11.3. The quantitative estimate of drug-likeness (QED) is 0.430. The van der Waals surface area contributed by atoms with Gasteiger partial charge in [-0.1, -0.05) is 80.1 Å². The minimum absolute atomic E-state index is 0.117. The molecule has 0 bridgehead atoms. The molecule has 3 nitrogen and oxygen atoms in total. The lowest BCUT2D eigenvalue weighted by atomic mass is 10.0. The Kier molecular flexibility index (Phi) is 6.93. The molecule has 3 aromatic carbocycles. The van der Waals surface area contributed by atoms with Crippen molar-refractivity contribution in [2.75, 3.05) is 18.0 Å². The number of ketones is 1. The predicted octanol–water partition coefficient (Wildman–Crippen LogP) is 6.58. The molecule has 1 aliphatic rings. The number of Topliss-reactive ketones (excluding diaryl/α,β-unsaturated/α-hetero) is 1. The summed E-state index contributed by atoms with van der Waals surface area (Å²) in [5.74, 6) is 1.15. The second-order valence-electron chi connectivity index (χ2n) is 8.08. The van der Waals surface area contributed by atoms with Gasteiger partial charge in [-0.05, 0) is 48.1 Å². The summed E-state index contributed by atoms with van der Waals surface area (Å²) in [6.45, 7) is 3.32. The Balaban J connectivity index is 1.56. The fourth-order valence-electron chi connectivity index (χ4n) is 4.04. The standard InChI is InChI=1S/C28H30N2O/c1-2-22-12-18-26(19-13-22)30(28-11-7-4-8-20-29-28)21-27(31)25-16-14-24(15-17-25)23-9-5-3-6-10-23/h3,5-6,9-10,12-19H,2,4,7-8,11,20-21H2,1H3. The zero-order valence-corrected chi connectivity index (χ0v) is 18.3. The van der Waals surface area contributed by atoms with E-state index in [1.54, 1.807) is 0 Å². The summed E-state index contributed by atoms with van der Waals surface area (Å²) < 4.78 is 0. The molecule has 0 saturated heterocycles. The largest absolute Gasteiger partial charge is 0.322 e. The van der Waals surface area contributed by atoms with Gasteiger partial charge in [0.15, 0.2) is 5.78 Å². The summed E-state index contributed by atoms with van der Waals surface area (Å²) in [4.78, 5) is 20.2. The maximum absolute atomic E-state index is 13.2. The summed E-state index contributed by atoms with van der Waals surface area (Å²) in [6, 6.07) is 26.7. The van der Waals surface area contributed by atoms with Crippen molar-refractivity contribution in [3.8, 4) is 11.1 Å². The van der Waals surface area contributed by atoms with Crippen LogP contribution in [0.3, 0.4) is 0 Å². The van der Waals surface area contributed by atoms with E-state index in [9.17, 15) is 4.79 Å². The smallest absolute Gasteiger partial charge is 0.182 e. The lowest BCUT2D eigenvalue weighted by molar-refractivity contribution is 0.100. The number of hydrogen-bond donors (Lipinski definition) is 0. The van der Waals surface area contributed by atoms with Gasteiger partial charge in [-0.15, -0.1) is 0 Å². The van der Waals surface area contributed by atoms with Gasteiger partial charge in [0, 0.05) is 24.2 Å². The number of rotatable bonds is 6. The molecule has 0 fully saturated rings. The molecule has 158 valence electrons. The third-order valence-corrected chi connectivity index (χ3v) is 5.94. The molecule has 1 heterocycles. The third-order valence-electron chi connectivity index (χ3n) is 5.94. The van der Waals surface area contributed by atoms with Gasteiger partial charge in [0.2, 0.25) is 0 Å². The average molecular weight is 411 g/mol. The zero-order chi connectivity index (χ0) is 21.5. The Hall–Kier alpha value is -3.20. The van der Waals surface area contributed by atoms with Gasteiger partial charge < -0.3 is 4.90 Å². The number of carbonyl (C=O) groups excluding carboxylic acids is 1. The van der Waals surface area contributed by atoms with E-state index < -0.39 is 0 Å². The first-order valence-electron chi connectivity index (χ1n) is 11.3. The topological polar surface area (TPSA) is 32.7 Å². The molecule has 0 aliphatic carbocycles. The van der Waals surface area contributed by atoms with Crippen molar-refractivity contribution in [3.63, 3.8) is 0 Å². The SMILES string of the molecule is CCc1ccc(N(CC(=O)c2ccc(-c3ccccc3)cc2)C2=NCCCCC2)cc1. The molecule has 4 rings (SSSR count). The molecule has 3 heteroatoms. The van der Waals surface area contributed by atoms with E-state index in [0.29, 0.717) is 6.54 Å². The third kappa shape index (κ3) is 5.29. The second kappa shape index (κ2) is 10.2. The van der Waals surface area contributed by atoms with Crippen LogP contribution in [-0.4, -0.2) is 24.7 Å². The van der Waals surface area contributed by atoms with Crippen LogP contribution in [0.1, 0.15) is 48.5 Å². The number of anilines is 1. The van der Waals surface area contributed by atoms with Gasteiger partial charge in [0.1, 0.15) is 5.84 Å². The molecule has 0 atom stereocenters. The lowest BCUT2D eigenvalue weighted by Gasteiger charge is -2.26. The van der Waals surface area contributed by atoms with Gasteiger partial charge >= 0.3 is 0 Å². The Bertz CT molecular complexity index is 1020. The van der Waals surface area contributed by atoms with E-state index in [4.69, 9.17) is 4.99 Å². The van der Waals surface area contributed by atoms with Gasteiger partial charge in [0.25, 0.3) is 0 Å². The number of amidine groups is 1. The molecule has 0 N–H and O–H groups in total. The van der Waals surface area contributed by atoms with Crippen LogP contribution in [0.2, 0.25) is 0 Å². The molecule has 0 aromatic heterocycles. The summed E-state index contributed by atoms with van der Waals surface area (Å²) >= 11 is 0. The summed E-state index contributed by atoms with van der Waals surface area (Å²) in [5, 5.41) is 0. The maximum Gasteiger partial charge on any atom is 0.182 e. The summed E-state index contributed by atoms with van der Waals surface area (Å²) in [6.07, 6.45) is 5.39. The number of aryl methyl sites for hydroxylation is 1. The highest BCUT2D eigenvalue weighted by Gasteiger charge is 2.19. The van der Waals surface area contributed by atoms with Gasteiger partial charge in [-0.2, -0.15) is 0 Å². The molecule has 0 amide bonds. The Labute approximate surface area is 185 Å². The van der Waals surface area contributed by atoms with E-state index in [1.165, 1.54) is 12.0 Å². The van der Waals surface area contributed by atoms with E-state index in [0.717, 1.165) is 60.4 Å². The molecule has 0 spiro atoms. The molecular formula is C28H30N2O. The zero-order valence-electron chi connectivity index (χ0n) is 18.3. The van der Waals surface area contributed by atoms with E-state index in [2.05, 4.69) is 48.2 Å². The van der Waals surface area contributed by atoms with Crippen molar-refractivity contribution >= 4 is 17.3 Å². The monoisotopic (exact) mass is 410 g/mol. The van der Waals surface area contributed by atoms with Crippen LogP contribution in [0.5, 0.6) is 0 Å². The summed E-state index contributed by atoms with van der Waals surface area (Å²) in [5.41, 5.74) is 5.37. The average Bonchev–Trinajstić information content (AvgIpc) is 3.13. The highest BCUT2D eigenvalue weighted by Crippen LogP contribution is 2.23. The van der Waals surface area contributed by atoms with Crippen molar-refractivity contribution in [3.05, 3.63) is 90.0 Å². The van der Waals surface area contributed by atoms with E-state index in [-0.39, 0.29) is 5.78 Å². The van der Waals surface area contributed by atoms with E-state index in [1.807, 2.05) is 42.5 Å². The Morgan fingerprint density at radius 3 is 2.26 bits per heavy atom. The normalized spacial score (nSPS) is 13.9. The lowest BCUT2D eigenvalue weighted by Crippen LogP contribution is -2.36. The number of aliphatic imine (C=N–C) groups is 1. The van der Waals surface area contributed by atoms with Crippen LogP contribution in [0.4, 0.5) is 5.69 Å². The van der Waals surface area contributed by atoms with Crippen molar-refractivity contribution in [2.24, 2.45) is 4.99 Å². The van der Waals surface area contributed by atoms with Crippen molar-refractivity contribution in [2.45, 2.75) is 39.0 Å². The Morgan fingerprint density at radius 1 is 0.839 bits per heavy atom. The van der Waals surface area contributed by atoms with Gasteiger partial charge in [-0.25, -0.2) is 0 Å². The molecule has 31 heavy (non-hydrogen) atoms. The van der Waals surface area contributed by atoms with Gasteiger partial charge in [0.05, 0.1) is 6.54 Å². The highest BCUT2D eigenvalue weighted by molar-refractivity contribution is 6.07. The van der Waals surface area contributed by atoms with Crippen LogP contribution in [-0.2, 0) is 6.42 Å². The van der Waals surface area contributed by atoms with Crippen molar-refractivity contribution in [1.29, 1.82) is 0 Å². The molecule has 0 saturated carbocycles. The minimum atomic E-state index is 0.117. The second-order valence-corrected chi connectivity index (χ2v) is 8.08. The molecule has 1 aliphatic heterocycles. The van der Waals surface area contributed by atoms with Gasteiger partial charge in [-0.3, -0.25) is 9.79 Å². The number of hydrogen-bond acceptors (Lipinski definition) is 3.